The molecule has 2 aromatic heterocycles. The van der Waals surface area contributed by atoms with Gasteiger partial charge in [0.1, 0.15) is 16.8 Å². The molecule has 140 valence electrons. The Balaban J connectivity index is 1.29. The van der Waals surface area contributed by atoms with E-state index in [0.717, 1.165) is 36.7 Å². The lowest BCUT2D eigenvalue weighted by Crippen LogP contribution is -2.30. The number of hydrogen-bond acceptors (Lipinski definition) is 5. The Morgan fingerprint density at radius 3 is 2.63 bits per heavy atom. The van der Waals surface area contributed by atoms with Gasteiger partial charge in [-0.1, -0.05) is 17.7 Å². The molecule has 0 atom stereocenters. The number of halogens is 1. The van der Waals surface area contributed by atoms with E-state index in [1.165, 1.54) is 37.8 Å². The van der Waals surface area contributed by atoms with Crippen molar-refractivity contribution in [2.24, 2.45) is 5.92 Å². The lowest BCUT2D eigenvalue weighted by molar-refractivity contribution is 0.289. The zero-order chi connectivity index (χ0) is 18.2. The van der Waals surface area contributed by atoms with Gasteiger partial charge >= 0.3 is 0 Å². The molecule has 5 nitrogen and oxygen atoms in total. The highest BCUT2D eigenvalue weighted by atomic mass is 35.5. The molecule has 2 fully saturated rings. The second-order valence-corrected chi connectivity index (χ2v) is 8.36. The maximum atomic E-state index is 6.29. The number of pyridine rings is 1. The molecule has 5 rings (SSSR count). The van der Waals surface area contributed by atoms with Crippen molar-refractivity contribution in [2.75, 3.05) is 25.0 Å². The normalized spacial score (nSPS) is 20.4. The summed E-state index contributed by atoms with van der Waals surface area (Å²) in [5.74, 6) is 2.97. The van der Waals surface area contributed by atoms with Crippen LogP contribution in [0.3, 0.4) is 0 Å². The second-order valence-electron chi connectivity index (χ2n) is 7.97. The number of nitrogens with one attached hydrogen (secondary N) is 1. The van der Waals surface area contributed by atoms with Gasteiger partial charge in [-0.2, -0.15) is 0 Å². The highest BCUT2D eigenvalue weighted by Gasteiger charge is 2.26. The van der Waals surface area contributed by atoms with Gasteiger partial charge in [-0.3, -0.25) is 9.88 Å². The van der Waals surface area contributed by atoms with Gasteiger partial charge in [-0.05, 0) is 61.3 Å². The van der Waals surface area contributed by atoms with Crippen molar-refractivity contribution in [3.63, 3.8) is 0 Å². The van der Waals surface area contributed by atoms with Crippen LogP contribution in [0.4, 0.5) is 11.6 Å². The highest BCUT2D eigenvalue weighted by molar-refractivity contribution is 6.29. The third-order valence-corrected chi connectivity index (χ3v) is 5.79. The van der Waals surface area contributed by atoms with Crippen LogP contribution in [0.2, 0.25) is 5.15 Å². The summed E-state index contributed by atoms with van der Waals surface area (Å²) < 4.78 is 0. The fraction of sp³-hybridized carbons (Fsp3) is 0.476. The van der Waals surface area contributed by atoms with E-state index in [0.29, 0.717) is 22.7 Å². The molecular formula is C21H24ClN5. The summed E-state index contributed by atoms with van der Waals surface area (Å²) in [5, 5.41) is 3.75. The first-order valence-electron chi connectivity index (χ1n) is 9.91. The molecule has 0 amide bonds. The Morgan fingerprint density at radius 1 is 1.07 bits per heavy atom. The molecule has 0 aromatic carbocycles. The van der Waals surface area contributed by atoms with Crippen LogP contribution in [-0.4, -0.2) is 39.5 Å². The molecule has 1 N–H and O–H groups in total. The van der Waals surface area contributed by atoms with Gasteiger partial charge in [0.2, 0.25) is 0 Å². The fourth-order valence-corrected chi connectivity index (χ4v) is 3.88. The van der Waals surface area contributed by atoms with Crippen molar-refractivity contribution in [1.29, 1.82) is 0 Å². The maximum absolute atomic E-state index is 6.29. The van der Waals surface area contributed by atoms with Crippen molar-refractivity contribution < 1.29 is 0 Å². The SMILES string of the molecule is Clc1cc(C2=CCN(CC3CC3)CC2)cc(Nc2cnc(C3CC3)cn2)n1. The minimum atomic E-state index is 0.499. The first kappa shape index (κ1) is 17.1. The standard InChI is InChI=1S/C21H24ClN5/c22-19-9-17(15-5-7-27(8-6-15)13-14-1-2-14)10-20(25-19)26-21-12-23-18(11-24-21)16-3-4-16/h5,9-12,14,16H,1-4,6-8,13H2,(H,24,25,26). The lowest BCUT2D eigenvalue weighted by Gasteiger charge is -2.26. The number of rotatable bonds is 6. The molecule has 3 aliphatic rings. The first-order valence-corrected chi connectivity index (χ1v) is 10.3. The summed E-state index contributed by atoms with van der Waals surface area (Å²) in [7, 11) is 0. The van der Waals surface area contributed by atoms with E-state index < -0.39 is 0 Å². The molecule has 0 spiro atoms. The molecule has 1 aliphatic heterocycles. The van der Waals surface area contributed by atoms with E-state index in [1.54, 1.807) is 6.20 Å². The van der Waals surface area contributed by atoms with E-state index in [2.05, 4.69) is 37.3 Å². The third-order valence-electron chi connectivity index (χ3n) is 5.60. The number of nitrogens with zero attached hydrogens (tertiary/aromatic N) is 4. The Morgan fingerprint density at radius 2 is 1.96 bits per heavy atom. The molecule has 6 heteroatoms. The average Bonchev–Trinajstić information content (AvgIpc) is 3.57. The van der Waals surface area contributed by atoms with Crippen LogP contribution in [0.5, 0.6) is 0 Å². The Kier molecular flexibility index (Phi) is 4.58. The Bertz CT molecular complexity index is 855. The molecule has 3 heterocycles. The zero-order valence-electron chi connectivity index (χ0n) is 15.4. The van der Waals surface area contributed by atoms with Gasteiger partial charge < -0.3 is 5.32 Å². The number of aromatic nitrogens is 3. The maximum Gasteiger partial charge on any atom is 0.150 e. The van der Waals surface area contributed by atoms with Crippen LogP contribution in [0, 0.1) is 5.92 Å². The summed E-state index contributed by atoms with van der Waals surface area (Å²) in [6.07, 6.45) is 12.3. The van der Waals surface area contributed by atoms with Gasteiger partial charge in [-0.15, -0.1) is 0 Å². The van der Waals surface area contributed by atoms with Gasteiger partial charge in [0.25, 0.3) is 0 Å². The van der Waals surface area contributed by atoms with E-state index in [9.17, 15) is 0 Å². The van der Waals surface area contributed by atoms with E-state index in [1.807, 2.05) is 12.3 Å². The zero-order valence-corrected chi connectivity index (χ0v) is 16.1. The van der Waals surface area contributed by atoms with Gasteiger partial charge in [0.05, 0.1) is 18.1 Å². The van der Waals surface area contributed by atoms with E-state index in [-0.39, 0.29) is 0 Å². The van der Waals surface area contributed by atoms with Gasteiger partial charge in [0.15, 0.2) is 0 Å². The molecule has 2 aliphatic carbocycles. The minimum Gasteiger partial charge on any atom is -0.324 e. The molecule has 0 saturated heterocycles. The number of anilines is 2. The molecule has 0 radical (unpaired) electrons. The lowest BCUT2D eigenvalue weighted by atomic mass is 10.00. The highest BCUT2D eigenvalue weighted by Crippen LogP contribution is 2.38. The smallest absolute Gasteiger partial charge is 0.150 e. The molecule has 2 aromatic rings. The molecule has 0 unspecified atom stereocenters. The largest absolute Gasteiger partial charge is 0.324 e. The summed E-state index contributed by atoms with van der Waals surface area (Å²) in [6.45, 7) is 3.41. The van der Waals surface area contributed by atoms with Crippen molar-refractivity contribution in [3.05, 3.63) is 47.0 Å². The molecular weight excluding hydrogens is 358 g/mol. The van der Waals surface area contributed by atoms with Crippen molar-refractivity contribution in [1.82, 2.24) is 19.9 Å². The van der Waals surface area contributed by atoms with E-state index in [4.69, 9.17) is 11.6 Å². The topological polar surface area (TPSA) is 53.9 Å². The fourth-order valence-electron chi connectivity index (χ4n) is 3.67. The van der Waals surface area contributed by atoms with Gasteiger partial charge in [-0.25, -0.2) is 9.97 Å². The van der Waals surface area contributed by atoms with Gasteiger partial charge in [0, 0.05) is 25.6 Å². The molecule has 27 heavy (non-hydrogen) atoms. The quantitative estimate of drug-likeness (QED) is 0.738. The summed E-state index contributed by atoms with van der Waals surface area (Å²) in [4.78, 5) is 15.9. The van der Waals surface area contributed by atoms with Crippen molar-refractivity contribution >= 4 is 28.8 Å². The molecule has 2 saturated carbocycles. The summed E-state index contributed by atoms with van der Waals surface area (Å²) in [5.41, 5.74) is 3.58. The van der Waals surface area contributed by atoms with Crippen LogP contribution in [0.1, 0.15) is 49.3 Å². The van der Waals surface area contributed by atoms with Crippen LogP contribution in [-0.2, 0) is 0 Å². The Hall–Kier alpha value is -1.98. The average molecular weight is 382 g/mol. The second kappa shape index (κ2) is 7.21. The van der Waals surface area contributed by atoms with Crippen molar-refractivity contribution in [2.45, 2.75) is 38.0 Å². The summed E-state index contributed by atoms with van der Waals surface area (Å²) in [6, 6.07) is 4.02. The summed E-state index contributed by atoms with van der Waals surface area (Å²) >= 11 is 6.29. The number of hydrogen-bond donors (Lipinski definition) is 1. The van der Waals surface area contributed by atoms with Crippen LogP contribution < -0.4 is 5.32 Å². The predicted octanol–water partition coefficient (Wildman–Crippen LogP) is 4.65. The van der Waals surface area contributed by atoms with Crippen LogP contribution in [0.15, 0.2) is 30.6 Å². The minimum absolute atomic E-state index is 0.499. The first-order chi connectivity index (χ1) is 13.2. The monoisotopic (exact) mass is 381 g/mol. The van der Waals surface area contributed by atoms with Crippen LogP contribution in [0.25, 0.3) is 5.57 Å². The molecule has 0 bridgehead atoms. The predicted molar refractivity (Wildman–Crippen MR) is 108 cm³/mol. The van der Waals surface area contributed by atoms with Crippen molar-refractivity contribution in [3.8, 4) is 0 Å². The van der Waals surface area contributed by atoms with E-state index >= 15 is 0 Å². The third kappa shape index (κ3) is 4.30. The Labute approximate surface area is 164 Å². The van der Waals surface area contributed by atoms with Crippen LogP contribution >= 0.6 is 11.6 Å².